The summed E-state index contributed by atoms with van der Waals surface area (Å²) < 4.78 is 23.3. The molecule has 65 heavy (non-hydrogen) atoms. The third-order valence-electron chi connectivity index (χ3n) is 12.2. The zero-order valence-electron chi connectivity index (χ0n) is 43.4. The van der Waals surface area contributed by atoms with E-state index in [1.165, 1.54) is 186 Å². The van der Waals surface area contributed by atoms with E-state index in [1.807, 2.05) is 27.2 Å². The highest BCUT2D eigenvalue weighted by molar-refractivity contribution is 7.45. The lowest BCUT2D eigenvalue weighted by atomic mass is 10.0. The standard InChI is InChI=1S/C56H107N2O6P/c1-6-8-10-12-14-16-18-20-22-24-26-27-28-29-30-32-34-36-38-40-42-44-46-48-50-56(60)57-54(53-64-65(61,62)63-52-51-58(3,4)5)55(59)49-47-45-43-41-39-37-35-33-31-25-23-21-19-17-15-13-11-9-7-2/h29-31,33,39,41,47,49,54-55,59H,6-28,32,34-38,40,42-46,48,50-53H2,1-5H3,(H-,57,60,61,62)/b30-29-,33-31+,41-39+,49-47+. The average Bonchev–Trinajstić information content (AvgIpc) is 3.26. The molecule has 1 amide bonds. The van der Waals surface area contributed by atoms with Crippen molar-refractivity contribution in [3.63, 3.8) is 0 Å². The normalized spacial score (nSPS) is 14.4. The molecule has 0 saturated heterocycles. The molecule has 0 rings (SSSR count). The van der Waals surface area contributed by atoms with Crippen LogP contribution in [-0.2, 0) is 18.4 Å². The SMILES string of the molecule is CCCCCCCCCCC/C=C/CC/C=C/CC/C=C/C(O)C(COP(=O)([O-])OCC[N+](C)(C)C)NC(=O)CCCCCCCCCC/C=C\CCCCCCCCCCCCCC. The van der Waals surface area contributed by atoms with E-state index in [9.17, 15) is 19.4 Å². The number of aliphatic hydroxyl groups is 1. The van der Waals surface area contributed by atoms with E-state index >= 15 is 0 Å². The predicted molar refractivity (Wildman–Crippen MR) is 279 cm³/mol. The third-order valence-corrected chi connectivity index (χ3v) is 13.2. The van der Waals surface area contributed by atoms with Crippen molar-refractivity contribution >= 4 is 13.7 Å². The van der Waals surface area contributed by atoms with Gasteiger partial charge in [0.25, 0.3) is 7.82 Å². The first-order chi connectivity index (χ1) is 31.5. The van der Waals surface area contributed by atoms with Crippen LogP contribution >= 0.6 is 7.82 Å². The van der Waals surface area contributed by atoms with E-state index in [0.717, 1.165) is 44.9 Å². The van der Waals surface area contributed by atoms with E-state index < -0.39 is 26.6 Å². The van der Waals surface area contributed by atoms with E-state index in [0.29, 0.717) is 17.4 Å². The molecule has 382 valence electrons. The second kappa shape index (κ2) is 47.5. The number of quaternary nitrogens is 1. The minimum absolute atomic E-state index is 0.0101. The van der Waals surface area contributed by atoms with Crippen molar-refractivity contribution in [1.29, 1.82) is 0 Å². The largest absolute Gasteiger partial charge is 0.756 e. The molecule has 0 spiro atoms. The van der Waals surface area contributed by atoms with Gasteiger partial charge in [-0.05, 0) is 70.6 Å². The van der Waals surface area contributed by atoms with Gasteiger partial charge in [-0.25, -0.2) is 0 Å². The Balaban J connectivity index is 4.31. The maximum absolute atomic E-state index is 12.9. The number of nitrogens with one attached hydrogen (secondary N) is 1. The number of phosphoric acid groups is 1. The molecule has 0 saturated carbocycles. The van der Waals surface area contributed by atoms with Crippen molar-refractivity contribution in [2.75, 3.05) is 40.9 Å². The lowest BCUT2D eigenvalue weighted by molar-refractivity contribution is -0.870. The van der Waals surface area contributed by atoms with E-state index in [1.54, 1.807) is 6.08 Å². The molecule has 0 aliphatic heterocycles. The minimum atomic E-state index is -4.61. The summed E-state index contributed by atoms with van der Waals surface area (Å²) in [7, 11) is 1.23. The molecule has 0 aromatic rings. The number of unbranched alkanes of at least 4 members (excludes halogenated alkanes) is 31. The third kappa shape index (κ3) is 50.2. The molecule has 9 heteroatoms. The molecule has 0 bridgehead atoms. The Kier molecular flexibility index (Phi) is 46.4. The first kappa shape index (κ1) is 63.5. The fourth-order valence-electron chi connectivity index (χ4n) is 7.89. The van der Waals surface area contributed by atoms with Crippen LogP contribution in [0.15, 0.2) is 48.6 Å². The van der Waals surface area contributed by atoms with Crippen molar-refractivity contribution < 1.29 is 32.9 Å². The molecule has 0 radical (unpaired) electrons. The van der Waals surface area contributed by atoms with Crippen molar-refractivity contribution in [2.24, 2.45) is 0 Å². The molecule has 0 heterocycles. The summed E-state index contributed by atoms with van der Waals surface area (Å²) in [5.41, 5.74) is 0. The van der Waals surface area contributed by atoms with Gasteiger partial charge in [0.1, 0.15) is 13.2 Å². The maximum atomic E-state index is 12.9. The van der Waals surface area contributed by atoms with Crippen LogP contribution in [-0.4, -0.2) is 68.5 Å². The Morgan fingerprint density at radius 1 is 0.523 bits per heavy atom. The van der Waals surface area contributed by atoms with Gasteiger partial charge in [0, 0.05) is 6.42 Å². The molecule has 0 aliphatic rings. The summed E-state index contributed by atoms with van der Waals surface area (Å²) in [5.74, 6) is -0.213. The molecule has 8 nitrogen and oxygen atoms in total. The van der Waals surface area contributed by atoms with Crippen LogP contribution in [0.1, 0.15) is 251 Å². The lowest BCUT2D eigenvalue weighted by Gasteiger charge is -2.29. The van der Waals surface area contributed by atoms with Gasteiger partial charge in [0.05, 0.1) is 39.9 Å². The number of allylic oxidation sites excluding steroid dienone is 7. The Labute approximate surface area is 403 Å². The summed E-state index contributed by atoms with van der Waals surface area (Å²) in [5, 5.41) is 13.8. The van der Waals surface area contributed by atoms with Crippen LogP contribution in [0.25, 0.3) is 0 Å². The van der Waals surface area contributed by atoms with Crippen molar-refractivity contribution in [1.82, 2.24) is 5.32 Å². The number of hydrogen-bond donors (Lipinski definition) is 2. The van der Waals surface area contributed by atoms with Gasteiger partial charge in [0.15, 0.2) is 0 Å². The van der Waals surface area contributed by atoms with Crippen LogP contribution in [0, 0.1) is 0 Å². The highest BCUT2D eigenvalue weighted by Crippen LogP contribution is 2.38. The molecule has 3 unspecified atom stereocenters. The number of aliphatic hydroxyl groups excluding tert-OH is 1. The molecular weight excluding hydrogens is 828 g/mol. The smallest absolute Gasteiger partial charge is 0.268 e. The first-order valence-corrected chi connectivity index (χ1v) is 29.0. The summed E-state index contributed by atoms with van der Waals surface area (Å²) >= 11 is 0. The quantitative estimate of drug-likeness (QED) is 0.0272. The highest BCUT2D eigenvalue weighted by atomic mass is 31.2. The van der Waals surface area contributed by atoms with Gasteiger partial charge in [-0.2, -0.15) is 0 Å². The highest BCUT2D eigenvalue weighted by Gasteiger charge is 2.23. The van der Waals surface area contributed by atoms with Crippen LogP contribution in [0.5, 0.6) is 0 Å². The van der Waals surface area contributed by atoms with Crippen LogP contribution in [0.2, 0.25) is 0 Å². The molecule has 0 fully saturated rings. The average molecular weight is 935 g/mol. The van der Waals surface area contributed by atoms with E-state index in [2.05, 4.69) is 55.6 Å². The summed E-state index contributed by atoms with van der Waals surface area (Å²) in [4.78, 5) is 25.4. The van der Waals surface area contributed by atoms with Gasteiger partial charge < -0.3 is 28.8 Å². The zero-order chi connectivity index (χ0) is 47.8. The van der Waals surface area contributed by atoms with Gasteiger partial charge in [0.2, 0.25) is 5.91 Å². The molecule has 2 N–H and O–H groups in total. The number of carbonyl (C=O) groups is 1. The molecule has 0 aromatic heterocycles. The van der Waals surface area contributed by atoms with Gasteiger partial charge in [-0.1, -0.05) is 223 Å². The Morgan fingerprint density at radius 3 is 1.25 bits per heavy atom. The number of carbonyl (C=O) groups excluding carboxylic acids is 1. The fraction of sp³-hybridized carbons (Fsp3) is 0.839. The number of rotatable bonds is 50. The number of amides is 1. The first-order valence-electron chi connectivity index (χ1n) is 27.5. The number of phosphoric ester groups is 1. The molecule has 0 aromatic carbocycles. The number of likely N-dealkylation sites (N-methyl/N-ethyl adjacent to an activating group) is 1. The second-order valence-electron chi connectivity index (χ2n) is 19.9. The monoisotopic (exact) mass is 935 g/mol. The molecule has 3 atom stereocenters. The lowest BCUT2D eigenvalue weighted by Crippen LogP contribution is -2.45. The molecule has 0 aliphatic carbocycles. The topological polar surface area (TPSA) is 108 Å². The van der Waals surface area contributed by atoms with Gasteiger partial charge >= 0.3 is 0 Å². The van der Waals surface area contributed by atoms with Crippen LogP contribution in [0.3, 0.4) is 0 Å². The molecular formula is C56H107N2O6P. The van der Waals surface area contributed by atoms with Crippen LogP contribution < -0.4 is 10.2 Å². The minimum Gasteiger partial charge on any atom is -0.756 e. The predicted octanol–water partition coefficient (Wildman–Crippen LogP) is 15.7. The van der Waals surface area contributed by atoms with Gasteiger partial charge in [-0.15, -0.1) is 0 Å². The van der Waals surface area contributed by atoms with Crippen molar-refractivity contribution in [3.8, 4) is 0 Å². The van der Waals surface area contributed by atoms with Crippen molar-refractivity contribution in [3.05, 3.63) is 48.6 Å². The van der Waals surface area contributed by atoms with Gasteiger partial charge in [-0.3, -0.25) is 9.36 Å². The Morgan fingerprint density at radius 2 is 0.862 bits per heavy atom. The Bertz CT molecular complexity index is 1200. The second-order valence-corrected chi connectivity index (χ2v) is 21.3. The van der Waals surface area contributed by atoms with Crippen molar-refractivity contribution in [2.45, 2.75) is 264 Å². The van der Waals surface area contributed by atoms with Crippen LogP contribution in [0.4, 0.5) is 0 Å². The number of nitrogens with zero attached hydrogens (tertiary/aromatic N) is 1. The summed E-state index contributed by atoms with van der Waals surface area (Å²) in [6, 6.07) is -0.912. The summed E-state index contributed by atoms with van der Waals surface area (Å²) in [6.45, 7) is 4.63. The van der Waals surface area contributed by atoms with E-state index in [-0.39, 0.29) is 12.5 Å². The number of hydrogen-bond acceptors (Lipinski definition) is 6. The maximum Gasteiger partial charge on any atom is 0.268 e. The zero-order valence-corrected chi connectivity index (χ0v) is 44.3. The van der Waals surface area contributed by atoms with E-state index in [4.69, 9.17) is 9.05 Å². The summed E-state index contributed by atoms with van der Waals surface area (Å²) in [6.07, 6.45) is 61.8. The fourth-order valence-corrected chi connectivity index (χ4v) is 8.61. The Hall–Kier alpha value is -1.54.